The van der Waals surface area contributed by atoms with Gasteiger partial charge in [-0.05, 0) is 31.6 Å². The fourth-order valence-electron chi connectivity index (χ4n) is 3.25. The van der Waals surface area contributed by atoms with Crippen molar-refractivity contribution in [3.63, 3.8) is 0 Å². The maximum absolute atomic E-state index is 12.0. The molecule has 19 heavy (non-hydrogen) atoms. The molecule has 0 bridgehead atoms. The van der Waals surface area contributed by atoms with Crippen LogP contribution in [0.5, 0.6) is 0 Å². The zero-order chi connectivity index (χ0) is 13.7. The number of carbonyl (C=O) groups excluding carboxylic acids is 1. The Bertz CT molecular complexity index is 350. The predicted molar refractivity (Wildman–Crippen MR) is 72.3 cm³/mol. The van der Waals surface area contributed by atoms with Gasteiger partial charge < -0.3 is 10.1 Å². The Morgan fingerprint density at radius 3 is 2.63 bits per heavy atom. The zero-order valence-corrected chi connectivity index (χ0v) is 11.8. The van der Waals surface area contributed by atoms with Gasteiger partial charge in [0.25, 0.3) is 0 Å². The first-order valence-corrected chi connectivity index (χ1v) is 7.47. The Balaban J connectivity index is 1.63. The largest absolute Gasteiger partial charge is 0.376 e. The van der Waals surface area contributed by atoms with Gasteiger partial charge in [0, 0.05) is 6.54 Å². The van der Waals surface area contributed by atoms with E-state index in [0.717, 1.165) is 12.8 Å². The van der Waals surface area contributed by atoms with Gasteiger partial charge in [-0.15, -0.1) is 0 Å². The zero-order valence-electron chi connectivity index (χ0n) is 11.8. The predicted octanol–water partition coefficient (Wildman–Crippen LogP) is 2.39. The highest BCUT2D eigenvalue weighted by Gasteiger charge is 2.48. The summed E-state index contributed by atoms with van der Waals surface area (Å²) < 4.78 is 5.75. The Kier molecular flexibility index (Phi) is 4.81. The number of nitrogens with one attached hydrogen (secondary N) is 1. The fourth-order valence-corrected chi connectivity index (χ4v) is 3.25. The molecule has 0 unspecified atom stereocenters. The van der Waals surface area contributed by atoms with Crippen LogP contribution in [0.2, 0.25) is 0 Å². The second kappa shape index (κ2) is 6.38. The van der Waals surface area contributed by atoms with Crippen molar-refractivity contribution in [2.24, 2.45) is 11.3 Å². The molecule has 0 spiro atoms. The maximum Gasteiger partial charge on any atom is 0.240 e. The van der Waals surface area contributed by atoms with E-state index in [2.05, 4.69) is 18.3 Å². The molecule has 0 heterocycles. The van der Waals surface area contributed by atoms with Crippen LogP contribution in [0.1, 0.15) is 51.9 Å². The first kappa shape index (κ1) is 14.3. The van der Waals surface area contributed by atoms with Crippen LogP contribution in [0.3, 0.4) is 0 Å². The minimum absolute atomic E-state index is 0.111. The number of amides is 1. The summed E-state index contributed by atoms with van der Waals surface area (Å²) in [5.74, 6) is 0.379. The summed E-state index contributed by atoms with van der Waals surface area (Å²) in [5.41, 5.74) is -0.760. The van der Waals surface area contributed by atoms with Gasteiger partial charge in [-0.1, -0.05) is 26.2 Å². The Morgan fingerprint density at radius 1 is 1.37 bits per heavy atom. The monoisotopic (exact) mass is 264 g/mol. The summed E-state index contributed by atoms with van der Waals surface area (Å²) >= 11 is 0. The van der Waals surface area contributed by atoms with E-state index in [1.165, 1.54) is 19.3 Å². The molecule has 1 N–H and O–H groups in total. The second-order valence-electron chi connectivity index (χ2n) is 6.09. The minimum atomic E-state index is -0.760. The average Bonchev–Trinajstić information content (AvgIpc) is 2.40. The van der Waals surface area contributed by atoms with Crippen molar-refractivity contribution >= 4 is 5.91 Å². The number of nitriles is 1. The molecule has 0 aliphatic heterocycles. The molecule has 1 amide bonds. The summed E-state index contributed by atoms with van der Waals surface area (Å²) in [6.45, 7) is 3.16. The molecule has 106 valence electrons. The third kappa shape index (κ3) is 3.48. The van der Waals surface area contributed by atoms with Crippen LogP contribution in [-0.4, -0.2) is 25.2 Å². The van der Waals surface area contributed by atoms with Gasteiger partial charge in [0.2, 0.25) is 5.91 Å². The van der Waals surface area contributed by atoms with Gasteiger partial charge in [0.15, 0.2) is 0 Å². The number of carbonyl (C=O) groups is 1. The molecule has 2 fully saturated rings. The van der Waals surface area contributed by atoms with Gasteiger partial charge >= 0.3 is 0 Å². The van der Waals surface area contributed by atoms with Gasteiger partial charge in [-0.25, -0.2) is 0 Å². The maximum atomic E-state index is 12.0. The fraction of sp³-hybridized carbons (Fsp3) is 0.867. The van der Waals surface area contributed by atoms with Crippen LogP contribution >= 0.6 is 0 Å². The summed E-state index contributed by atoms with van der Waals surface area (Å²) in [4.78, 5) is 12.0. The molecule has 2 saturated carbocycles. The quantitative estimate of drug-likeness (QED) is 0.775. The number of rotatable bonds is 5. The summed E-state index contributed by atoms with van der Waals surface area (Å²) in [6, 6.07) is 2.18. The summed E-state index contributed by atoms with van der Waals surface area (Å²) in [7, 11) is 0. The van der Waals surface area contributed by atoms with Gasteiger partial charge in [-0.2, -0.15) is 5.26 Å². The van der Waals surface area contributed by atoms with Crippen LogP contribution in [-0.2, 0) is 9.53 Å². The third-order valence-electron chi connectivity index (χ3n) is 4.34. The summed E-state index contributed by atoms with van der Waals surface area (Å²) in [5, 5.41) is 12.0. The lowest BCUT2D eigenvalue weighted by Gasteiger charge is -2.39. The lowest BCUT2D eigenvalue weighted by Crippen LogP contribution is -2.48. The normalized spacial score (nSPS) is 31.3. The molecule has 0 radical (unpaired) electrons. The molecule has 2 rings (SSSR count). The van der Waals surface area contributed by atoms with E-state index in [0.29, 0.717) is 38.0 Å². The number of hydrogen-bond donors (Lipinski definition) is 1. The van der Waals surface area contributed by atoms with Crippen molar-refractivity contribution in [1.29, 1.82) is 5.26 Å². The van der Waals surface area contributed by atoms with Crippen molar-refractivity contribution in [3.05, 3.63) is 0 Å². The van der Waals surface area contributed by atoms with Crippen molar-refractivity contribution in [3.8, 4) is 6.07 Å². The highest BCUT2D eigenvalue weighted by atomic mass is 16.5. The standard InChI is InChI=1S/C15H24N2O2/c1-12-9-15(10-12,11-16)14(18)17-7-8-19-13-5-3-2-4-6-13/h12-13H,2-10H2,1H3,(H,17,18). The van der Waals surface area contributed by atoms with Gasteiger partial charge in [0.1, 0.15) is 5.41 Å². The van der Waals surface area contributed by atoms with E-state index >= 15 is 0 Å². The highest BCUT2D eigenvalue weighted by Crippen LogP contribution is 2.44. The van der Waals surface area contributed by atoms with Crippen LogP contribution in [0.25, 0.3) is 0 Å². The number of ether oxygens (including phenoxy) is 1. The lowest BCUT2D eigenvalue weighted by molar-refractivity contribution is -0.134. The van der Waals surface area contributed by atoms with Crippen molar-refractivity contribution in [2.45, 2.75) is 58.0 Å². The smallest absolute Gasteiger partial charge is 0.240 e. The van der Waals surface area contributed by atoms with Gasteiger partial charge in [0.05, 0.1) is 18.8 Å². The summed E-state index contributed by atoms with van der Waals surface area (Å²) in [6.07, 6.45) is 7.89. The first-order valence-electron chi connectivity index (χ1n) is 7.47. The lowest BCUT2D eigenvalue weighted by atomic mass is 9.63. The Hall–Kier alpha value is -1.08. The van der Waals surface area contributed by atoms with E-state index in [1.807, 2.05) is 0 Å². The Morgan fingerprint density at radius 2 is 2.05 bits per heavy atom. The average molecular weight is 264 g/mol. The third-order valence-corrected chi connectivity index (χ3v) is 4.34. The molecule has 0 atom stereocenters. The molecule has 0 aromatic heterocycles. The molecule has 4 heteroatoms. The SMILES string of the molecule is CC1CC(C#N)(C(=O)NCCOC2CCCCC2)C1. The second-order valence-corrected chi connectivity index (χ2v) is 6.09. The van der Waals surface area contributed by atoms with Crippen LogP contribution in [0.15, 0.2) is 0 Å². The molecule has 4 nitrogen and oxygen atoms in total. The van der Waals surface area contributed by atoms with Crippen molar-refractivity contribution in [2.75, 3.05) is 13.2 Å². The molecular formula is C15H24N2O2. The van der Waals surface area contributed by atoms with Crippen molar-refractivity contribution in [1.82, 2.24) is 5.32 Å². The molecule has 0 saturated heterocycles. The first-order chi connectivity index (χ1) is 9.16. The Labute approximate surface area is 115 Å². The van der Waals surface area contributed by atoms with E-state index in [1.54, 1.807) is 0 Å². The molecular weight excluding hydrogens is 240 g/mol. The van der Waals surface area contributed by atoms with Crippen LogP contribution in [0.4, 0.5) is 0 Å². The topological polar surface area (TPSA) is 62.1 Å². The minimum Gasteiger partial charge on any atom is -0.376 e. The van der Waals surface area contributed by atoms with E-state index < -0.39 is 5.41 Å². The molecule has 0 aromatic carbocycles. The van der Waals surface area contributed by atoms with E-state index in [-0.39, 0.29) is 5.91 Å². The number of hydrogen-bond acceptors (Lipinski definition) is 3. The number of nitrogens with zero attached hydrogens (tertiary/aromatic N) is 1. The van der Waals surface area contributed by atoms with Crippen molar-refractivity contribution < 1.29 is 9.53 Å². The van der Waals surface area contributed by atoms with E-state index in [9.17, 15) is 4.79 Å². The van der Waals surface area contributed by atoms with Gasteiger partial charge in [-0.3, -0.25) is 4.79 Å². The molecule has 2 aliphatic rings. The molecule has 0 aromatic rings. The van der Waals surface area contributed by atoms with Crippen LogP contribution < -0.4 is 5.32 Å². The van der Waals surface area contributed by atoms with Crippen LogP contribution in [0, 0.1) is 22.7 Å². The highest BCUT2D eigenvalue weighted by molar-refractivity contribution is 5.86. The molecule has 2 aliphatic carbocycles. The van der Waals surface area contributed by atoms with E-state index in [4.69, 9.17) is 10.00 Å².